The molecule has 1 aromatic carbocycles. The van der Waals surface area contributed by atoms with Crippen LogP contribution in [0, 0.1) is 5.41 Å². The molecule has 4 heteroatoms. The minimum Gasteiger partial charge on any atom is -0.491 e. The lowest BCUT2D eigenvalue weighted by Gasteiger charge is -2.34. The van der Waals surface area contributed by atoms with Crippen LogP contribution in [0.1, 0.15) is 56.8 Å². The Morgan fingerprint density at radius 2 is 2.05 bits per heavy atom. The predicted octanol–water partition coefficient (Wildman–Crippen LogP) is 3.37. The van der Waals surface area contributed by atoms with E-state index in [0.717, 1.165) is 25.7 Å². The molecule has 0 aliphatic heterocycles. The molecule has 0 bridgehead atoms. The Labute approximate surface area is 127 Å². The third-order valence-corrected chi connectivity index (χ3v) is 4.25. The molecule has 1 aliphatic carbocycles. The lowest BCUT2D eigenvalue weighted by molar-refractivity contribution is 0.0905. The van der Waals surface area contributed by atoms with E-state index in [2.05, 4.69) is 19.2 Å². The average molecular weight is 290 g/mol. The molecule has 4 nitrogen and oxygen atoms in total. The lowest BCUT2D eigenvalue weighted by atomic mass is 9.75. The van der Waals surface area contributed by atoms with Gasteiger partial charge in [-0.2, -0.15) is 0 Å². The summed E-state index contributed by atoms with van der Waals surface area (Å²) in [5.41, 5.74) is 7.34. The van der Waals surface area contributed by atoms with Crippen LogP contribution in [0.5, 0.6) is 5.75 Å². The highest BCUT2D eigenvalue weighted by atomic mass is 16.5. The van der Waals surface area contributed by atoms with E-state index in [4.69, 9.17) is 10.5 Å². The van der Waals surface area contributed by atoms with Gasteiger partial charge >= 0.3 is 0 Å². The molecule has 0 saturated heterocycles. The van der Waals surface area contributed by atoms with Crippen molar-refractivity contribution in [2.75, 3.05) is 12.3 Å². The van der Waals surface area contributed by atoms with Gasteiger partial charge in [-0.1, -0.05) is 19.9 Å². The van der Waals surface area contributed by atoms with Crippen LogP contribution >= 0.6 is 0 Å². The largest absolute Gasteiger partial charge is 0.491 e. The molecule has 0 spiro atoms. The third kappa shape index (κ3) is 3.90. The van der Waals surface area contributed by atoms with E-state index in [0.29, 0.717) is 29.0 Å². The van der Waals surface area contributed by atoms with Gasteiger partial charge in [0.05, 0.1) is 17.9 Å². The Bertz CT molecular complexity index is 502. The number of carbonyl (C=O) groups is 1. The molecule has 116 valence electrons. The second-order valence-corrected chi connectivity index (χ2v) is 6.57. The fourth-order valence-corrected chi connectivity index (χ4v) is 2.85. The first-order valence-corrected chi connectivity index (χ1v) is 7.75. The molecule has 1 amide bonds. The van der Waals surface area contributed by atoms with Crippen molar-refractivity contribution >= 4 is 11.6 Å². The number of anilines is 1. The van der Waals surface area contributed by atoms with Gasteiger partial charge < -0.3 is 15.8 Å². The normalized spacial score (nSPS) is 18.2. The van der Waals surface area contributed by atoms with Crippen LogP contribution in [-0.2, 0) is 0 Å². The van der Waals surface area contributed by atoms with Crippen molar-refractivity contribution in [2.45, 2.75) is 52.5 Å². The maximum absolute atomic E-state index is 12.5. The number of hydrogen-bond acceptors (Lipinski definition) is 3. The number of nitrogens with two attached hydrogens (primary N) is 1. The van der Waals surface area contributed by atoms with E-state index in [-0.39, 0.29) is 11.9 Å². The fraction of sp³-hybridized carbons (Fsp3) is 0.588. The summed E-state index contributed by atoms with van der Waals surface area (Å²) < 4.78 is 5.53. The number of hydrogen-bond donors (Lipinski definition) is 2. The standard InChI is InChI=1S/C17H26N2O2/c1-4-21-15-13(6-5-7-14(15)18)16(20)19-12-8-10-17(2,3)11-9-12/h5-7,12H,4,8-11,18H2,1-3H3,(H,19,20). The van der Waals surface area contributed by atoms with Crippen molar-refractivity contribution in [3.8, 4) is 5.75 Å². The van der Waals surface area contributed by atoms with Crippen molar-refractivity contribution in [2.24, 2.45) is 5.41 Å². The molecule has 0 aromatic heterocycles. The summed E-state index contributed by atoms with van der Waals surface area (Å²) in [6.45, 7) is 6.95. The number of nitrogens with one attached hydrogen (secondary N) is 1. The summed E-state index contributed by atoms with van der Waals surface area (Å²) in [6.07, 6.45) is 4.36. The second kappa shape index (κ2) is 6.37. The molecule has 0 radical (unpaired) electrons. The molecule has 1 saturated carbocycles. The first kappa shape index (κ1) is 15.7. The quantitative estimate of drug-likeness (QED) is 0.836. The summed E-state index contributed by atoms with van der Waals surface area (Å²) in [7, 11) is 0. The van der Waals surface area contributed by atoms with Gasteiger partial charge in [0.25, 0.3) is 5.91 Å². The zero-order valence-corrected chi connectivity index (χ0v) is 13.2. The first-order valence-electron chi connectivity index (χ1n) is 7.75. The van der Waals surface area contributed by atoms with Crippen LogP contribution in [0.2, 0.25) is 0 Å². The van der Waals surface area contributed by atoms with E-state index >= 15 is 0 Å². The van der Waals surface area contributed by atoms with Gasteiger partial charge in [-0.3, -0.25) is 4.79 Å². The summed E-state index contributed by atoms with van der Waals surface area (Å²) in [5, 5.41) is 3.12. The van der Waals surface area contributed by atoms with E-state index in [1.807, 2.05) is 6.92 Å². The highest BCUT2D eigenvalue weighted by molar-refractivity contribution is 5.98. The molecule has 1 fully saturated rings. The number of amides is 1. The number of ether oxygens (including phenoxy) is 1. The van der Waals surface area contributed by atoms with Crippen LogP contribution in [0.4, 0.5) is 5.69 Å². The lowest BCUT2D eigenvalue weighted by Crippen LogP contribution is -2.39. The van der Waals surface area contributed by atoms with Crippen LogP contribution in [0.25, 0.3) is 0 Å². The monoisotopic (exact) mass is 290 g/mol. The maximum atomic E-state index is 12.5. The minimum atomic E-state index is -0.0875. The zero-order chi connectivity index (χ0) is 15.5. The van der Waals surface area contributed by atoms with Gasteiger partial charge in [0.2, 0.25) is 0 Å². The van der Waals surface area contributed by atoms with E-state index < -0.39 is 0 Å². The molecule has 1 aromatic rings. The van der Waals surface area contributed by atoms with Crippen molar-refractivity contribution < 1.29 is 9.53 Å². The number of rotatable bonds is 4. The summed E-state index contributed by atoms with van der Waals surface area (Å²) in [4.78, 5) is 12.5. The maximum Gasteiger partial charge on any atom is 0.255 e. The van der Waals surface area contributed by atoms with Crippen LogP contribution in [0.3, 0.4) is 0 Å². The highest BCUT2D eigenvalue weighted by Crippen LogP contribution is 2.35. The summed E-state index contributed by atoms with van der Waals surface area (Å²) >= 11 is 0. The number of carbonyl (C=O) groups excluding carboxylic acids is 1. The summed E-state index contributed by atoms with van der Waals surface area (Å²) in [6, 6.07) is 5.56. The Balaban J connectivity index is 2.06. The third-order valence-electron chi connectivity index (χ3n) is 4.25. The molecular formula is C17H26N2O2. The van der Waals surface area contributed by atoms with Gasteiger partial charge in [-0.15, -0.1) is 0 Å². The first-order chi connectivity index (χ1) is 9.93. The molecule has 1 aliphatic rings. The zero-order valence-electron chi connectivity index (χ0n) is 13.2. The SMILES string of the molecule is CCOc1c(N)cccc1C(=O)NC1CCC(C)(C)CC1. The highest BCUT2D eigenvalue weighted by Gasteiger charge is 2.28. The number of nitrogen functional groups attached to an aromatic ring is 1. The van der Waals surface area contributed by atoms with Crippen molar-refractivity contribution in [1.82, 2.24) is 5.32 Å². The van der Waals surface area contributed by atoms with Crippen molar-refractivity contribution in [3.05, 3.63) is 23.8 Å². The van der Waals surface area contributed by atoms with Crippen molar-refractivity contribution in [3.63, 3.8) is 0 Å². The van der Waals surface area contributed by atoms with Gasteiger partial charge in [0, 0.05) is 6.04 Å². The van der Waals surface area contributed by atoms with Gasteiger partial charge in [-0.05, 0) is 50.2 Å². The van der Waals surface area contributed by atoms with E-state index in [1.165, 1.54) is 0 Å². The van der Waals surface area contributed by atoms with Crippen LogP contribution < -0.4 is 15.8 Å². The smallest absolute Gasteiger partial charge is 0.255 e. The van der Waals surface area contributed by atoms with Crippen LogP contribution in [0.15, 0.2) is 18.2 Å². The topological polar surface area (TPSA) is 64.3 Å². The Morgan fingerprint density at radius 3 is 2.67 bits per heavy atom. The molecular weight excluding hydrogens is 264 g/mol. The molecule has 0 heterocycles. The van der Waals surface area contributed by atoms with E-state index in [1.54, 1.807) is 18.2 Å². The predicted molar refractivity (Wildman–Crippen MR) is 85.5 cm³/mol. The van der Waals surface area contributed by atoms with E-state index in [9.17, 15) is 4.79 Å². The second-order valence-electron chi connectivity index (χ2n) is 6.57. The molecule has 3 N–H and O–H groups in total. The Hall–Kier alpha value is -1.71. The molecule has 0 atom stereocenters. The number of para-hydroxylation sites is 1. The van der Waals surface area contributed by atoms with Crippen LogP contribution in [-0.4, -0.2) is 18.6 Å². The Kier molecular flexibility index (Phi) is 4.76. The molecule has 0 unspecified atom stereocenters. The fourth-order valence-electron chi connectivity index (χ4n) is 2.85. The Morgan fingerprint density at radius 1 is 1.38 bits per heavy atom. The summed E-state index contributed by atoms with van der Waals surface area (Å²) in [5.74, 6) is 0.407. The molecule has 21 heavy (non-hydrogen) atoms. The van der Waals surface area contributed by atoms with Gasteiger partial charge in [0.1, 0.15) is 0 Å². The van der Waals surface area contributed by atoms with Gasteiger partial charge in [0.15, 0.2) is 5.75 Å². The van der Waals surface area contributed by atoms with Crippen molar-refractivity contribution in [1.29, 1.82) is 0 Å². The minimum absolute atomic E-state index is 0.0875. The average Bonchev–Trinajstić information content (AvgIpc) is 2.43. The number of benzene rings is 1. The van der Waals surface area contributed by atoms with Gasteiger partial charge in [-0.25, -0.2) is 0 Å². The molecule has 2 rings (SSSR count).